The molecule has 8 heteroatoms. The molecule has 0 saturated carbocycles. The van der Waals surface area contributed by atoms with E-state index < -0.39 is 10.0 Å². The standard InChI is InChI=1S/C19H24N4O3S/c1-19(2)13-23(12-9-17(19)20)18(24)14-3-5-16(6-4-14)27(25,26)22-15-7-10-21-11-8-15/h3-8,10-11,17H,9,12-13,20H2,1-2H3,(H,21,22). The first-order chi connectivity index (χ1) is 12.7. The molecule has 27 heavy (non-hydrogen) atoms. The normalized spacial score (nSPS) is 19.5. The Morgan fingerprint density at radius 2 is 1.81 bits per heavy atom. The highest BCUT2D eigenvalue weighted by atomic mass is 32.2. The first-order valence-corrected chi connectivity index (χ1v) is 10.3. The average Bonchev–Trinajstić information content (AvgIpc) is 2.64. The zero-order chi connectivity index (χ0) is 19.7. The molecule has 1 saturated heterocycles. The van der Waals surface area contributed by atoms with Crippen LogP contribution in [0.1, 0.15) is 30.6 Å². The van der Waals surface area contributed by atoms with Gasteiger partial charge in [0.1, 0.15) is 0 Å². The number of likely N-dealkylation sites (tertiary alicyclic amines) is 1. The van der Waals surface area contributed by atoms with Gasteiger partial charge in [0.2, 0.25) is 0 Å². The Bertz CT molecular complexity index is 912. The second-order valence-corrected chi connectivity index (χ2v) is 9.16. The van der Waals surface area contributed by atoms with Crippen molar-refractivity contribution in [2.24, 2.45) is 11.1 Å². The van der Waals surface area contributed by atoms with E-state index in [1.54, 1.807) is 29.2 Å². The van der Waals surface area contributed by atoms with Crippen molar-refractivity contribution in [1.29, 1.82) is 0 Å². The van der Waals surface area contributed by atoms with Gasteiger partial charge in [0.25, 0.3) is 15.9 Å². The van der Waals surface area contributed by atoms with Crippen LogP contribution in [0.4, 0.5) is 5.69 Å². The third-order valence-electron chi connectivity index (χ3n) is 4.94. The van der Waals surface area contributed by atoms with E-state index in [-0.39, 0.29) is 22.3 Å². The number of pyridine rings is 1. The molecule has 3 rings (SSSR count). The van der Waals surface area contributed by atoms with Crippen molar-refractivity contribution in [2.45, 2.75) is 31.2 Å². The minimum atomic E-state index is -3.73. The molecule has 1 aromatic carbocycles. The molecule has 1 aliphatic rings. The molecule has 144 valence electrons. The van der Waals surface area contributed by atoms with Gasteiger partial charge in [-0.2, -0.15) is 0 Å². The van der Waals surface area contributed by atoms with Gasteiger partial charge in [-0.25, -0.2) is 8.42 Å². The van der Waals surface area contributed by atoms with E-state index in [0.717, 1.165) is 6.42 Å². The maximum absolute atomic E-state index is 12.8. The molecule has 3 N–H and O–H groups in total. The number of aromatic nitrogens is 1. The number of hydrogen-bond donors (Lipinski definition) is 2. The molecule has 1 fully saturated rings. The summed E-state index contributed by atoms with van der Waals surface area (Å²) >= 11 is 0. The van der Waals surface area contributed by atoms with Crippen LogP contribution >= 0.6 is 0 Å². The summed E-state index contributed by atoms with van der Waals surface area (Å²) < 4.78 is 27.4. The minimum Gasteiger partial charge on any atom is -0.338 e. The van der Waals surface area contributed by atoms with Crippen LogP contribution in [-0.4, -0.2) is 43.3 Å². The second kappa shape index (κ2) is 7.28. The number of nitrogens with one attached hydrogen (secondary N) is 1. The van der Waals surface area contributed by atoms with Gasteiger partial charge in [-0.15, -0.1) is 0 Å². The monoisotopic (exact) mass is 388 g/mol. The van der Waals surface area contributed by atoms with Gasteiger partial charge in [0.05, 0.1) is 10.6 Å². The topological polar surface area (TPSA) is 105 Å². The van der Waals surface area contributed by atoms with Crippen LogP contribution in [0, 0.1) is 5.41 Å². The van der Waals surface area contributed by atoms with Crippen LogP contribution in [0.2, 0.25) is 0 Å². The maximum atomic E-state index is 12.8. The van der Waals surface area contributed by atoms with Gasteiger partial charge in [0.15, 0.2) is 0 Å². The summed E-state index contributed by atoms with van der Waals surface area (Å²) in [4.78, 5) is 18.5. The Morgan fingerprint density at radius 1 is 1.19 bits per heavy atom. The molecule has 0 radical (unpaired) electrons. The highest BCUT2D eigenvalue weighted by Crippen LogP contribution is 2.28. The van der Waals surface area contributed by atoms with Crippen LogP contribution in [0.15, 0.2) is 53.7 Å². The molecule has 1 aliphatic heterocycles. The molecule has 1 atom stereocenters. The van der Waals surface area contributed by atoms with Crippen LogP contribution in [0.25, 0.3) is 0 Å². The van der Waals surface area contributed by atoms with Crippen LogP contribution in [-0.2, 0) is 10.0 Å². The Hall–Kier alpha value is -2.45. The summed E-state index contributed by atoms with van der Waals surface area (Å²) in [5.41, 5.74) is 6.87. The molecule has 1 aromatic heterocycles. The van der Waals surface area contributed by atoms with E-state index in [0.29, 0.717) is 24.3 Å². The smallest absolute Gasteiger partial charge is 0.261 e. The van der Waals surface area contributed by atoms with Gasteiger partial charge in [-0.3, -0.25) is 14.5 Å². The maximum Gasteiger partial charge on any atom is 0.261 e. The summed E-state index contributed by atoms with van der Waals surface area (Å²) in [7, 11) is -3.73. The number of hydrogen-bond acceptors (Lipinski definition) is 5. The predicted octanol–water partition coefficient (Wildman–Crippen LogP) is 2.08. The third-order valence-corrected chi connectivity index (χ3v) is 6.34. The molecule has 1 unspecified atom stereocenters. The zero-order valence-corrected chi connectivity index (χ0v) is 16.2. The number of nitrogens with two attached hydrogens (primary N) is 1. The van der Waals surface area contributed by atoms with Crippen LogP contribution < -0.4 is 10.5 Å². The number of amides is 1. The quantitative estimate of drug-likeness (QED) is 0.834. The first-order valence-electron chi connectivity index (χ1n) is 8.77. The lowest BCUT2D eigenvalue weighted by atomic mass is 9.79. The Morgan fingerprint density at radius 3 is 2.41 bits per heavy atom. The highest BCUT2D eigenvalue weighted by molar-refractivity contribution is 7.92. The molecule has 0 bridgehead atoms. The fourth-order valence-corrected chi connectivity index (χ4v) is 4.20. The van der Waals surface area contributed by atoms with E-state index >= 15 is 0 Å². The number of benzene rings is 1. The lowest BCUT2D eigenvalue weighted by Crippen LogP contribution is -2.53. The number of carbonyl (C=O) groups excluding carboxylic acids is 1. The van der Waals surface area contributed by atoms with Crippen molar-refractivity contribution in [3.63, 3.8) is 0 Å². The van der Waals surface area contributed by atoms with Gasteiger partial charge < -0.3 is 10.6 Å². The second-order valence-electron chi connectivity index (χ2n) is 7.48. The van der Waals surface area contributed by atoms with Crippen LogP contribution in [0.3, 0.4) is 0 Å². The van der Waals surface area contributed by atoms with E-state index in [2.05, 4.69) is 23.6 Å². The van der Waals surface area contributed by atoms with E-state index in [1.807, 2.05) is 0 Å². The molecule has 7 nitrogen and oxygen atoms in total. The molecule has 2 aromatic rings. The van der Waals surface area contributed by atoms with E-state index in [1.165, 1.54) is 24.5 Å². The Balaban J connectivity index is 1.74. The van der Waals surface area contributed by atoms with Gasteiger partial charge in [-0.05, 0) is 48.2 Å². The van der Waals surface area contributed by atoms with E-state index in [4.69, 9.17) is 5.73 Å². The summed E-state index contributed by atoms with van der Waals surface area (Å²) in [5, 5.41) is 0. The molecule has 1 amide bonds. The number of sulfonamides is 1. The van der Waals surface area contributed by atoms with Crippen molar-refractivity contribution in [2.75, 3.05) is 17.8 Å². The van der Waals surface area contributed by atoms with Crippen molar-refractivity contribution >= 4 is 21.6 Å². The van der Waals surface area contributed by atoms with Crippen molar-refractivity contribution < 1.29 is 13.2 Å². The van der Waals surface area contributed by atoms with Crippen LogP contribution in [0.5, 0.6) is 0 Å². The minimum absolute atomic E-state index is 0.0633. The van der Waals surface area contributed by atoms with Gasteiger partial charge >= 0.3 is 0 Å². The van der Waals surface area contributed by atoms with Crippen molar-refractivity contribution in [3.8, 4) is 0 Å². The molecular formula is C19H24N4O3S. The predicted molar refractivity (Wildman–Crippen MR) is 104 cm³/mol. The average molecular weight is 388 g/mol. The third kappa shape index (κ3) is 4.28. The Labute approximate surface area is 159 Å². The summed E-state index contributed by atoms with van der Waals surface area (Å²) in [6.07, 6.45) is 3.76. The van der Waals surface area contributed by atoms with Crippen molar-refractivity contribution in [1.82, 2.24) is 9.88 Å². The summed E-state index contributed by atoms with van der Waals surface area (Å²) in [5.74, 6) is -0.110. The largest absolute Gasteiger partial charge is 0.338 e. The lowest BCUT2D eigenvalue weighted by Gasteiger charge is -2.42. The number of piperidine rings is 1. The fraction of sp³-hybridized carbons (Fsp3) is 0.368. The highest BCUT2D eigenvalue weighted by Gasteiger charge is 2.35. The fourth-order valence-electron chi connectivity index (χ4n) is 3.14. The molecule has 2 heterocycles. The number of nitrogens with zero attached hydrogens (tertiary/aromatic N) is 2. The van der Waals surface area contributed by atoms with Crippen molar-refractivity contribution in [3.05, 3.63) is 54.4 Å². The molecule has 0 spiro atoms. The summed E-state index contributed by atoms with van der Waals surface area (Å²) in [6, 6.07) is 9.18. The summed E-state index contributed by atoms with van der Waals surface area (Å²) in [6.45, 7) is 5.29. The zero-order valence-electron chi connectivity index (χ0n) is 15.4. The molecule has 0 aliphatic carbocycles. The first kappa shape index (κ1) is 19.3. The SMILES string of the molecule is CC1(C)CN(C(=O)c2ccc(S(=O)(=O)Nc3ccncc3)cc2)CCC1N. The number of rotatable bonds is 4. The number of carbonyl (C=O) groups is 1. The Kier molecular flexibility index (Phi) is 5.21. The number of anilines is 1. The lowest BCUT2D eigenvalue weighted by molar-refractivity contribution is 0.0533. The van der Waals surface area contributed by atoms with E-state index in [9.17, 15) is 13.2 Å². The van der Waals surface area contributed by atoms with Gasteiger partial charge in [-0.1, -0.05) is 13.8 Å². The van der Waals surface area contributed by atoms with Gasteiger partial charge in [0, 0.05) is 37.1 Å². The molecular weight excluding hydrogens is 364 g/mol.